The van der Waals surface area contributed by atoms with Gasteiger partial charge in [0.25, 0.3) is 0 Å². The molecule has 1 nitrogen and oxygen atoms in total. The molecule has 0 heterocycles. The summed E-state index contributed by atoms with van der Waals surface area (Å²) in [6.07, 6.45) is 13.3. The van der Waals surface area contributed by atoms with Gasteiger partial charge in [-0.15, -0.1) is 0 Å². The van der Waals surface area contributed by atoms with Crippen molar-refractivity contribution in [2.75, 3.05) is 0 Å². The third kappa shape index (κ3) is 2.28. The Morgan fingerprint density at radius 3 is 2.87 bits per heavy atom. The molecule has 1 N–H and O–H groups in total. The van der Waals surface area contributed by atoms with Gasteiger partial charge in [-0.1, -0.05) is 32.3 Å². The van der Waals surface area contributed by atoms with Gasteiger partial charge in [-0.2, -0.15) is 0 Å². The number of rotatable bonds is 1. The molecule has 2 aliphatic carbocycles. The fourth-order valence-corrected chi connectivity index (χ4v) is 3.22. The second kappa shape index (κ2) is 4.69. The first kappa shape index (κ1) is 11.2. The predicted octanol–water partition coefficient (Wildman–Crippen LogP) is 3.82. The molecular formula is C14H24O. The van der Waals surface area contributed by atoms with Crippen LogP contribution in [0, 0.1) is 5.92 Å². The van der Waals surface area contributed by atoms with E-state index >= 15 is 0 Å². The summed E-state index contributed by atoms with van der Waals surface area (Å²) in [4.78, 5) is 0. The molecule has 0 saturated heterocycles. The highest BCUT2D eigenvalue weighted by Gasteiger charge is 2.38. The summed E-state index contributed by atoms with van der Waals surface area (Å²) in [5.41, 5.74) is 0.926. The van der Waals surface area contributed by atoms with Gasteiger partial charge in [0.1, 0.15) is 0 Å². The number of hydrogen-bond acceptors (Lipinski definition) is 1. The molecule has 0 spiro atoms. The van der Waals surface area contributed by atoms with Gasteiger partial charge in [0.2, 0.25) is 0 Å². The summed E-state index contributed by atoms with van der Waals surface area (Å²) in [5.74, 6) is 0.468. The Labute approximate surface area is 93.6 Å². The maximum absolute atomic E-state index is 10.8. The molecule has 15 heavy (non-hydrogen) atoms. The Balaban J connectivity index is 2.14. The van der Waals surface area contributed by atoms with Crippen LogP contribution in [0.4, 0.5) is 0 Å². The van der Waals surface area contributed by atoms with E-state index in [9.17, 15) is 5.11 Å². The van der Waals surface area contributed by atoms with Crippen LogP contribution < -0.4 is 0 Å². The first-order valence-corrected chi connectivity index (χ1v) is 6.65. The van der Waals surface area contributed by atoms with Crippen molar-refractivity contribution in [2.24, 2.45) is 5.92 Å². The molecule has 0 aromatic rings. The smallest absolute Gasteiger partial charge is 0.0882 e. The standard InChI is InChI=1S/C14H24O/c1-12-8-6-7-11-14(12,15)13-9-4-2-3-5-10-13/h9,12,15H,2-8,10-11H2,1H3. The zero-order valence-corrected chi connectivity index (χ0v) is 9.97. The van der Waals surface area contributed by atoms with Crippen molar-refractivity contribution >= 4 is 0 Å². The zero-order valence-electron chi connectivity index (χ0n) is 9.97. The van der Waals surface area contributed by atoms with E-state index in [0.717, 1.165) is 12.8 Å². The van der Waals surface area contributed by atoms with Crippen molar-refractivity contribution in [3.05, 3.63) is 11.6 Å². The average molecular weight is 208 g/mol. The Hall–Kier alpha value is -0.300. The molecule has 86 valence electrons. The second-order valence-electron chi connectivity index (χ2n) is 5.40. The molecule has 0 aliphatic heterocycles. The van der Waals surface area contributed by atoms with Crippen LogP contribution in [0.5, 0.6) is 0 Å². The molecule has 0 amide bonds. The first-order chi connectivity index (χ1) is 7.23. The number of hydrogen-bond donors (Lipinski definition) is 1. The second-order valence-corrected chi connectivity index (χ2v) is 5.40. The van der Waals surface area contributed by atoms with E-state index in [-0.39, 0.29) is 0 Å². The molecule has 1 saturated carbocycles. The van der Waals surface area contributed by atoms with E-state index in [1.54, 1.807) is 0 Å². The summed E-state index contributed by atoms with van der Waals surface area (Å²) in [6, 6.07) is 0. The van der Waals surface area contributed by atoms with Crippen LogP contribution in [0.25, 0.3) is 0 Å². The molecular weight excluding hydrogens is 184 g/mol. The lowest BCUT2D eigenvalue weighted by atomic mass is 9.71. The van der Waals surface area contributed by atoms with Crippen LogP contribution in [-0.4, -0.2) is 10.7 Å². The highest BCUT2D eigenvalue weighted by molar-refractivity contribution is 5.20. The van der Waals surface area contributed by atoms with Crippen molar-refractivity contribution in [3.63, 3.8) is 0 Å². The van der Waals surface area contributed by atoms with E-state index in [0.29, 0.717) is 5.92 Å². The largest absolute Gasteiger partial charge is 0.385 e. The van der Waals surface area contributed by atoms with Crippen molar-refractivity contribution in [3.8, 4) is 0 Å². The molecule has 2 rings (SSSR count). The van der Waals surface area contributed by atoms with Crippen LogP contribution in [0.1, 0.15) is 64.7 Å². The molecule has 2 unspecified atom stereocenters. The fourth-order valence-electron chi connectivity index (χ4n) is 3.22. The molecule has 0 bridgehead atoms. The van der Waals surface area contributed by atoms with Gasteiger partial charge >= 0.3 is 0 Å². The topological polar surface area (TPSA) is 20.2 Å². The van der Waals surface area contributed by atoms with E-state index in [1.165, 1.54) is 50.5 Å². The van der Waals surface area contributed by atoms with E-state index in [2.05, 4.69) is 13.0 Å². The van der Waals surface area contributed by atoms with Gasteiger partial charge < -0.3 is 5.11 Å². The van der Waals surface area contributed by atoms with Gasteiger partial charge in [0, 0.05) is 0 Å². The quantitative estimate of drug-likeness (QED) is 0.649. The van der Waals surface area contributed by atoms with Crippen LogP contribution in [0.3, 0.4) is 0 Å². The van der Waals surface area contributed by atoms with Crippen molar-refractivity contribution in [1.82, 2.24) is 0 Å². The van der Waals surface area contributed by atoms with Gasteiger partial charge in [-0.05, 0) is 50.0 Å². The maximum Gasteiger partial charge on any atom is 0.0882 e. The van der Waals surface area contributed by atoms with Crippen LogP contribution >= 0.6 is 0 Å². The summed E-state index contributed by atoms with van der Waals surface area (Å²) >= 11 is 0. The van der Waals surface area contributed by atoms with Crippen molar-refractivity contribution < 1.29 is 5.11 Å². The molecule has 0 aromatic heterocycles. The highest BCUT2D eigenvalue weighted by atomic mass is 16.3. The van der Waals surface area contributed by atoms with Crippen molar-refractivity contribution in [1.29, 1.82) is 0 Å². The summed E-state index contributed by atoms with van der Waals surface area (Å²) in [5, 5.41) is 10.8. The van der Waals surface area contributed by atoms with Gasteiger partial charge in [-0.3, -0.25) is 0 Å². The Morgan fingerprint density at radius 1 is 1.20 bits per heavy atom. The van der Waals surface area contributed by atoms with Crippen LogP contribution in [-0.2, 0) is 0 Å². The van der Waals surface area contributed by atoms with E-state index in [4.69, 9.17) is 0 Å². The summed E-state index contributed by atoms with van der Waals surface area (Å²) in [6.45, 7) is 2.23. The van der Waals surface area contributed by atoms with E-state index in [1.807, 2.05) is 0 Å². The summed E-state index contributed by atoms with van der Waals surface area (Å²) < 4.78 is 0. The molecule has 2 atom stereocenters. The molecule has 0 aromatic carbocycles. The van der Waals surface area contributed by atoms with Crippen LogP contribution in [0.2, 0.25) is 0 Å². The Bertz CT molecular complexity index is 244. The zero-order chi connectivity index (χ0) is 10.7. The van der Waals surface area contributed by atoms with Crippen molar-refractivity contribution in [2.45, 2.75) is 70.3 Å². The monoisotopic (exact) mass is 208 g/mol. The SMILES string of the molecule is CC1CCCCC1(O)C1=CCCCCC1. The molecule has 1 heteroatoms. The first-order valence-electron chi connectivity index (χ1n) is 6.65. The lowest BCUT2D eigenvalue weighted by molar-refractivity contribution is -0.0104. The number of allylic oxidation sites excluding steroid dienone is 1. The predicted molar refractivity (Wildman–Crippen MR) is 63.7 cm³/mol. The minimum absolute atomic E-state index is 0.442. The molecule has 0 radical (unpaired) electrons. The third-order valence-corrected chi connectivity index (χ3v) is 4.36. The van der Waals surface area contributed by atoms with E-state index < -0.39 is 5.60 Å². The Kier molecular flexibility index (Phi) is 3.50. The number of aliphatic hydroxyl groups is 1. The lowest BCUT2D eigenvalue weighted by Gasteiger charge is -2.40. The minimum Gasteiger partial charge on any atom is -0.385 e. The highest BCUT2D eigenvalue weighted by Crippen LogP contribution is 2.41. The summed E-state index contributed by atoms with van der Waals surface area (Å²) in [7, 11) is 0. The maximum atomic E-state index is 10.8. The molecule has 2 aliphatic rings. The minimum atomic E-state index is -0.442. The van der Waals surface area contributed by atoms with Gasteiger partial charge in [-0.25, -0.2) is 0 Å². The fraction of sp³-hybridized carbons (Fsp3) is 0.857. The third-order valence-electron chi connectivity index (χ3n) is 4.36. The lowest BCUT2D eigenvalue weighted by Crippen LogP contribution is -2.41. The molecule has 1 fully saturated rings. The van der Waals surface area contributed by atoms with Gasteiger partial charge in [0.05, 0.1) is 5.60 Å². The average Bonchev–Trinajstić information content (AvgIpc) is 2.51. The Morgan fingerprint density at radius 2 is 2.07 bits per heavy atom. The van der Waals surface area contributed by atoms with Gasteiger partial charge in [0.15, 0.2) is 0 Å². The normalized spacial score (nSPS) is 38.3. The van der Waals surface area contributed by atoms with Crippen LogP contribution in [0.15, 0.2) is 11.6 Å².